The van der Waals surface area contributed by atoms with Crippen LogP contribution >= 0.6 is 0 Å². The molecule has 8 heteroatoms. The van der Waals surface area contributed by atoms with E-state index in [1.165, 1.54) is 32.6 Å². The molecule has 0 atom stereocenters. The largest absolute Gasteiger partial charge is 0.497 e. The lowest BCUT2D eigenvalue weighted by Crippen LogP contribution is -1.96. The predicted molar refractivity (Wildman–Crippen MR) is 93.7 cm³/mol. The van der Waals surface area contributed by atoms with Gasteiger partial charge < -0.3 is 18.7 Å². The second kappa shape index (κ2) is 7.14. The van der Waals surface area contributed by atoms with Crippen molar-refractivity contribution in [1.82, 2.24) is 5.16 Å². The molecule has 2 aromatic carbocycles. The van der Waals surface area contributed by atoms with Crippen LogP contribution in [0.3, 0.4) is 0 Å². The lowest BCUT2D eigenvalue weighted by atomic mass is 10.0. The van der Waals surface area contributed by atoms with Crippen molar-refractivity contribution < 1.29 is 23.7 Å². The Morgan fingerprint density at radius 2 is 1.73 bits per heavy atom. The fourth-order valence-corrected chi connectivity index (χ4v) is 2.63. The van der Waals surface area contributed by atoms with Gasteiger partial charge in [0.25, 0.3) is 5.69 Å². The first-order valence-corrected chi connectivity index (χ1v) is 7.58. The van der Waals surface area contributed by atoms with E-state index in [4.69, 9.17) is 18.7 Å². The molecule has 1 aromatic heterocycles. The number of non-ortho nitro benzene ring substituents is 1. The van der Waals surface area contributed by atoms with Gasteiger partial charge in [0.1, 0.15) is 17.7 Å². The van der Waals surface area contributed by atoms with Gasteiger partial charge in [0, 0.05) is 23.8 Å². The van der Waals surface area contributed by atoms with Crippen molar-refractivity contribution in [3.63, 3.8) is 0 Å². The molecule has 3 aromatic rings. The second-order valence-corrected chi connectivity index (χ2v) is 5.29. The fraction of sp³-hybridized carbons (Fsp3) is 0.167. The van der Waals surface area contributed by atoms with E-state index in [-0.39, 0.29) is 5.69 Å². The molecule has 0 aliphatic heterocycles. The monoisotopic (exact) mass is 356 g/mol. The number of ether oxygens (including phenoxy) is 3. The number of hydrogen-bond acceptors (Lipinski definition) is 7. The SMILES string of the molecule is COc1cc(OC)c(OC)c(-c2nocc2-c2ccc([N+](=O)[O-])cc2)c1. The summed E-state index contributed by atoms with van der Waals surface area (Å²) in [5, 5.41) is 14.9. The zero-order valence-electron chi connectivity index (χ0n) is 14.4. The Balaban J connectivity index is 2.15. The van der Waals surface area contributed by atoms with Gasteiger partial charge >= 0.3 is 0 Å². The summed E-state index contributed by atoms with van der Waals surface area (Å²) in [4.78, 5) is 10.4. The first-order valence-electron chi connectivity index (χ1n) is 7.58. The fourth-order valence-electron chi connectivity index (χ4n) is 2.63. The molecule has 134 valence electrons. The maximum atomic E-state index is 10.8. The molecule has 0 saturated heterocycles. The van der Waals surface area contributed by atoms with Crippen LogP contribution in [0.15, 0.2) is 47.2 Å². The highest BCUT2D eigenvalue weighted by atomic mass is 16.6. The number of rotatable bonds is 6. The molecular formula is C18H16N2O6. The number of nitro groups is 1. The van der Waals surface area contributed by atoms with E-state index in [2.05, 4.69) is 5.16 Å². The molecule has 1 heterocycles. The average Bonchev–Trinajstić information content (AvgIpc) is 3.16. The quantitative estimate of drug-likeness (QED) is 0.487. The molecule has 0 unspecified atom stereocenters. The zero-order chi connectivity index (χ0) is 18.7. The maximum Gasteiger partial charge on any atom is 0.269 e. The van der Waals surface area contributed by atoms with Crippen molar-refractivity contribution >= 4 is 5.69 Å². The summed E-state index contributed by atoms with van der Waals surface area (Å²) in [6, 6.07) is 9.59. The Hall–Kier alpha value is -3.55. The normalized spacial score (nSPS) is 10.4. The van der Waals surface area contributed by atoms with E-state index < -0.39 is 4.92 Å². The van der Waals surface area contributed by atoms with Crippen LogP contribution in [0.5, 0.6) is 17.2 Å². The van der Waals surface area contributed by atoms with Crippen LogP contribution in [0, 0.1) is 10.1 Å². The minimum absolute atomic E-state index is 0.00684. The molecule has 0 aliphatic carbocycles. The molecule has 0 amide bonds. The standard InChI is InChI=1S/C18H16N2O6/c1-23-13-8-14(18(25-3)16(9-13)24-2)17-15(10-26-19-17)11-4-6-12(7-5-11)20(21)22/h4-10H,1-3H3. The molecule has 0 bridgehead atoms. The molecule has 0 aliphatic rings. The summed E-state index contributed by atoms with van der Waals surface area (Å²) >= 11 is 0. The van der Waals surface area contributed by atoms with Crippen LogP contribution in [-0.2, 0) is 0 Å². The van der Waals surface area contributed by atoms with Gasteiger partial charge in [-0.3, -0.25) is 10.1 Å². The average molecular weight is 356 g/mol. The number of methoxy groups -OCH3 is 3. The number of aromatic nitrogens is 1. The third-order valence-corrected chi connectivity index (χ3v) is 3.90. The van der Waals surface area contributed by atoms with Crippen LogP contribution in [0.2, 0.25) is 0 Å². The van der Waals surface area contributed by atoms with Gasteiger partial charge in [-0.1, -0.05) is 5.16 Å². The number of nitro benzene ring substituents is 1. The Kier molecular flexibility index (Phi) is 4.74. The van der Waals surface area contributed by atoms with Crippen LogP contribution in [0.25, 0.3) is 22.4 Å². The number of hydrogen-bond donors (Lipinski definition) is 0. The summed E-state index contributed by atoms with van der Waals surface area (Å²) in [7, 11) is 4.60. The van der Waals surface area contributed by atoms with Crippen molar-refractivity contribution in [3.05, 3.63) is 52.8 Å². The van der Waals surface area contributed by atoms with E-state index in [0.29, 0.717) is 34.1 Å². The van der Waals surface area contributed by atoms with Gasteiger partial charge in [0.15, 0.2) is 11.5 Å². The van der Waals surface area contributed by atoms with E-state index in [1.54, 1.807) is 31.4 Å². The first-order chi connectivity index (χ1) is 12.6. The molecule has 0 spiro atoms. The van der Waals surface area contributed by atoms with Crippen molar-refractivity contribution in [1.29, 1.82) is 0 Å². The van der Waals surface area contributed by atoms with Crippen molar-refractivity contribution in [2.24, 2.45) is 0 Å². The Morgan fingerprint density at radius 3 is 2.31 bits per heavy atom. The summed E-state index contributed by atoms with van der Waals surface area (Å²) in [5.74, 6) is 1.53. The number of nitrogens with zero attached hydrogens (tertiary/aromatic N) is 2. The highest BCUT2D eigenvalue weighted by molar-refractivity contribution is 5.85. The minimum Gasteiger partial charge on any atom is -0.497 e. The topological polar surface area (TPSA) is 96.9 Å². The van der Waals surface area contributed by atoms with Gasteiger partial charge in [0.05, 0.1) is 31.8 Å². The summed E-state index contributed by atoms with van der Waals surface area (Å²) < 4.78 is 21.3. The molecule has 26 heavy (non-hydrogen) atoms. The van der Waals surface area contributed by atoms with Crippen molar-refractivity contribution in [2.45, 2.75) is 0 Å². The van der Waals surface area contributed by atoms with Gasteiger partial charge in [0.2, 0.25) is 0 Å². The lowest BCUT2D eigenvalue weighted by molar-refractivity contribution is -0.384. The first kappa shape index (κ1) is 17.3. The molecule has 0 radical (unpaired) electrons. The van der Waals surface area contributed by atoms with Gasteiger partial charge in [-0.25, -0.2) is 0 Å². The third kappa shape index (κ3) is 3.04. The molecule has 0 saturated carbocycles. The highest BCUT2D eigenvalue weighted by Gasteiger charge is 2.21. The van der Waals surface area contributed by atoms with Gasteiger partial charge in [-0.2, -0.15) is 0 Å². The van der Waals surface area contributed by atoms with E-state index in [1.807, 2.05) is 0 Å². The molecule has 8 nitrogen and oxygen atoms in total. The maximum absolute atomic E-state index is 10.8. The highest BCUT2D eigenvalue weighted by Crippen LogP contribution is 2.44. The molecule has 3 rings (SSSR count). The third-order valence-electron chi connectivity index (χ3n) is 3.90. The summed E-state index contributed by atoms with van der Waals surface area (Å²) in [6.07, 6.45) is 1.47. The van der Waals surface area contributed by atoms with Crippen molar-refractivity contribution in [3.8, 4) is 39.6 Å². The van der Waals surface area contributed by atoms with Crippen LogP contribution in [-0.4, -0.2) is 31.4 Å². The van der Waals surface area contributed by atoms with E-state index in [0.717, 1.165) is 5.56 Å². The van der Waals surface area contributed by atoms with Crippen molar-refractivity contribution in [2.75, 3.05) is 21.3 Å². The Bertz CT molecular complexity index is 933. The summed E-state index contributed by atoms with van der Waals surface area (Å²) in [6.45, 7) is 0. The van der Waals surface area contributed by atoms with Crippen LogP contribution in [0.4, 0.5) is 5.69 Å². The Labute approximate surface area is 149 Å². The number of benzene rings is 2. The van der Waals surface area contributed by atoms with Crippen LogP contribution < -0.4 is 14.2 Å². The molecular weight excluding hydrogens is 340 g/mol. The Morgan fingerprint density at radius 1 is 1.00 bits per heavy atom. The van der Waals surface area contributed by atoms with Gasteiger partial charge in [-0.15, -0.1) is 0 Å². The van der Waals surface area contributed by atoms with Crippen LogP contribution in [0.1, 0.15) is 0 Å². The smallest absolute Gasteiger partial charge is 0.269 e. The molecule has 0 N–H and O–H groups in total. The minimum atomic E-state index is -0.450. The van der Waals surface area contributed by atoms with E-state index >= 15 is 0 Å². The van der Waals surface area contributed by atoms with Gasteiger partial charge in [-0.05, 0) is 23.8 Å². The second-order valence-electron chi connectivity index (χ2n) is 5.29. The van der Waals surface area contributed by atoms with E-state index in [9.17, 15) is 10.1 Å². The molecule has 0 fully saturated rings. The lowest BCUT2D eigenvalue weighted by Gasteiger charge is -2.14. The summed E-state index contributed by atoms with van der Waals surface area (Å²) in [5.41, 5.74) is 2.51. The predicted octanol–water partition coefficient (Wildman–Crippen LogP) is 3.94. The zero-order valence-corrected chi connectivity index (χ0v) is 14.4.